The number of halogens is 2. The number of hydrogen-bond donors (Lipinski definition) is 1. The summed E-state index contributed by atoms with van der Waals surface area (Å²) in [5.41, 5.74) is 3.24. The lowest BCUT2D eigenvalue weighted by Gasteiger charge is -2.22. The Kier molecular flexibility index (Phi) is 7.54. The van der Waals surface area contributed by atoms with Gasteiger partial charge in [0.25, 0.3) is 0 Å². The van der Waals surface area contributed by atoms with Crippen LogP contribution in [0.5, 0.6) is 0 Å². The lowest BCUT2D eigenvalue weighted by Crippen LogP contribution is -2.37. The number of carbonyl (C=O) groups excluding carboxylic acids is 1. The number of amides is 1. The Hall–Kier alpha value is -2.19. The number of sulfonamides is 1. The molecule has 1 N–H and O–H groups in total. The first-order chi connectivity index (χ1) is 14.6. The lowest BCUT2D eigenvalue weighted by atomic mass is 10.1. The van der Waals surface area contributed by atoms with Crippen molar-refractivity contribution in [3.8, 4) is 0 Å². The predicted molar refractivity (Wildman–Crippen MR) is 128 cm³/mol. The third kappa shape index (κ3) is 6.17. The minimum Gasteiger partial charge on any atom is -0.325 e. The van der Waals surface area contributed by atoms with E-state index in [0.29, 0.717) is 10.7 Å². The molecule has 0 aliphatic carbocycles. The standard InChI is InChI=1S/C23H22BrClN2O3S/c1-16-3-6-18(7-4-16)14-27(31(29,30)21-11-8-19(24)9-12-21)15-23(28)26-22-13-20(25)10-5-17(22)2/h3-13H,14-15H2,1-2H3,(H,26,28). The predicted octanol–water partition coefficient (Wildman–Crippen LogP) is 5.55. The summed E-state index contributed by atoms with van der Waals surface area (Å²) in [6.45, 7) is 3.54. The van der Waals surface area contributed by atoms with Gasteiger partial charge in [0, 0.05) is 21.7 Å². The van der Waals surface area contributed by atoms with Gasteiger partial charge in [-0.25, -0.2) is 8.42 Å². The van der Waals surface area contributed by atoms with Crippen molar-refractivity contribution in [2.75, 3.05) is 11.9 Å². The summed E-state index contributed by atoms with van der Waals surface area (Å²) in [6, 6.07) is 19.1. The van der Waals surface area contributed by atoms with Gasteiger partial charge in [-0.15, -0.1) is 0 Å². The van der Waals surface area contributed by atoms with Crippen molar-refractivity contribution in [1.82, 2.24) is 4.31 Å². The van der Waals surface area contributed by atoms with Crippen LogP contribution in [0.15, 0.2) is 76.1 Å². The molecule has 3 aromatic rings. The molecule has 3 aromatic carbocycles. The molecule has 0 fully saturated rings. The second kappa shape index (κ2) is 9.96. The number of anilines is 1. The van der Waals surface area contributed by atoms with Gasteiger partial charge >= 0.3 is 0 Å². The molecule has 0 unspecified atom stereocenters. The fourth-order valence-electron chi connectivity index (χ4n) is 2.96. The maximum atomic E-state index is 13.3. The van der Waals surface area contributed by atoms with Crippen LogP contribution in [0.4, 0.5) is 5.69 Å². The van der Waals surface area contributed by atoms with Gasteiger partial charge in [-0.3, -0.25) is 4.79 Å². The lowest BCUT2D eigenvalue weighted by molar-refractivity contribution is -0.116. The van der Waals surface area contributed by atoms with Gasteiger partial charge in [0.1, 0.15) is 0 Å². The van der Waals surface area contributed by atoms with Crippen LogP contribution in [0, 0.1) is 13.8 Å². The van der Waals surface area contributed by atoms with E-state index < -0.39 is 15.9 Å². The molecular formula is C23H22BrClN2O3S. The molecule has 0 aromatic heterocycles. The van der Waals surface area contributed by atoms with E-state index in [9.17, 15) is 13.2 Å². The highest BCUT2D eigenvalue weighted by molar-refractivity contribution is 9.10. The van der Waals surface area contributed by atoms with E-state index in [2.05, 4.69) is 21.2 Å². The smallest absolute Gasteiger partial charge is 0.243 e. The van der Waals surface area contributed by atoms with Gasteiger partial charge in [0.15, 0.2) is 0 Å². The number of aryl methyl sites for hydroxylation is 2. The number of hydrogen-bond acceptors (Lipinski definition) is 3. The Bertz CT molecular complexity index is 1180. The van der Waals surface area contributed by atoms with E-state index in [4.69, 9.17) is 11.6 Å². The van der Waals surface area contributed by atoms with Crippen LogP contribution in [-0.4, -0.2) is 25.2 Å². The summed E-state index contributed by atoms with van der Waals surface area (Å²) < 4.78 is 28.6. The number of nitrogens with zero attached hydrogens (tertiary/aromatic N) is 1. The summed E-state index contributed by atoms with van der Waals surface area (Å²) in [5, 5.41) is 3.26. The highest BCUT2D eigenvalue weighted by Crippen LogP contribution is 2.23. The Morgan fingerprint density at radius 1 is 1.00 bits per heavy atom. The average Bonchev–Trinajstić information content (AvgIpc) is 2.72. The average molecular weight is 522 g/mol. The van der Waals surface area contributed by atoms with E-state index in [1.165, 1.54) is 16.4 Å². The van der Waals surface area contributed by atoms with E-state index in [-0.39, 0.29) is 18.0 Å². The van der Waals surface area contributed by atoms with Crippen molar-refractivity contribution in [1.29, 1.82) is 0 Å². The molecule has 0 spiro atoms. The Morgan fingerprint density at radius 2 is 1.65 bits per heavy atom. The van der Waals surface area contributed by atoms with E-state index >= 15 is 0 Å². The Labute approximate surface area is 196 Å². The first-order valence-corrected chi connectivity index (χ1v) is 12.1. The molecule has 31 heavy (non-hydrogen) atoms. The molecule has 0 bridgehead atoms. The van der Waals surface area contributed by atoms with Gasteiger partial charge < -0.3 is 5.32 Å². The van der Waals surface area contributed by atoms with Crippen molar-refractivity contribution in [3.63, 3.8) is 0 Å². The second-order valence-electron chi connectivity index (χ2n) is 7.22. The minimum atomic E-state index is -3.91. The highest BCUT2D eigenvalue weighted by atomic mass is 79.9. The van der Waals surface area contributed by atoms with Crippen molar-refractivity contribution in [3.05, 3.63) is 92.9 Å². The molecule has 0 radical (unpaired) electrons. The van der Waals surface area contributed by atoms with Crippen molar-refractivity contribution >= 4 is 49.1 Å². The maximum Gasteiger partial charge on any atom is 0.243 e. The fourth-order valence-corrected chi connectivity index (χ4v) is 4.78. The molecule has 0 aliphatic heterocycles. The summed E-state index contributed by atoms with van der Waals surface area (Å²) in [5.74, 6) is -0.446. The zero-order valence-corrected chi connectivity index (χ0v) is 20.3. The van der Waals surface area contributed by atoms with Gasteiger partial charge in [0.2, 0.25) is 15.9 Å². The van der Waals surface area contributed by atoms with E-state index in [0.717, 1.165) is 21.2 Å². The molecule has 0 atom stereocenters. The molecule has 0 saturated carbocycles. The number of rotatable bonds is 7. The van der Waals surface area contributed by atoms with Gasteiger partial charge in [-0.1, -0.05) is 63.4 Å². The van der Waals surface area contributed by atoms with Crippen LogP contribution in [0.25, 0.3) is 0 Å². The topological polar surface area (TPSA) is 66.5 Å². The molecule has 3 rings (SSSR count). The third-order valence-corrected chi connectivity index (χ3v) is 7.29. The summed E-state index contributed by atoms with van der Waals surface area (Å²) in [4.78, 5) is 12.9. The van der Waals surface area contributed by atoms with Gasteiger partial charge in [-0.05, 0) is 61.4 Å². The molecule has 8 heteroatoms. The molecule has 5 nitrogen and oxygen atoms in total. The molecule has 162 valence electrons. The highest BCUT2D eigenvalue weighted by Gasteiger charge is 2.27. The maximum absolute atomic E-state index is 13.3. The van der Waals surface area contributed by atoms with Crippen molar-refractivity contribution in [2.24, 2.45) is 0 Å². The zero-order valence-electron chi connectivity index (χ0n) is 17.1. The fraction of sp³-hybridized carbons (Fsp3) is 0.174. The first kappa shape index (κ1) is 23.5. The second-order valence-corrected chi connectivity index (χ2v) is 10.5. The van der Waals surface area contributed by atoms with Crippen LogP contribution in [0.1, 0.15) is 16.7 Å². The molecule has 0 heterocycles. The van der Waals surface area contributed by atoms with E-state index in [1.807, 2.05) is 38.1 Å². The number of nitrogens with one attached hydrogen (secondary N) is 1. The van der Waals surface area contributed by atoms with Crippen molar-refractivity contribution < 1.29 is 13.2 Å². The quantitative estimate of drug-likeness (QED) is 0.443. The zero-order chi connectivity index (χ0) is 22.6. The molecule has 0 aliphatic rings. The summed E-state index contributed by atoms with van der Waals surface area (Å²) >= 11 is 9.35. The molecule has 0 saturated heterocycles. The number of carbonyl (C=O) groups is 1. The number of benzene rings is 3. The summed E-state index contributed by atoms with van der Waals surface area (Å²) in [6.07, 6.45) is 0. The van der Waals surface area contributed by atoms with E-state index in [1.54, 1.807) is 30.3 Å². The first-order valence-electron chi connectivity index (χ1n) is 9.52. The Balaban J connectivity index is 1.89. The van der Waals surface area contributed by atoms with Crippen LogP contribution in [0.3, 0.4) is 0 Å². The third-order valence-electron chi connectivity index (χ3n) is 4.72. The van der Waals surface area contributed by atoms with Gasteiger partial charge in [0.05, 0.1) is 11.4 Å². The minimum absolute atomic E-state index is 0.0701. The SMILES string of the molecule is Cc1ccc(CN(CC(=O)Nc2cc(Cl)ccc2C)S(=O)(=O)c2ccc(Br)cc2)cc1. The van der Waals surface area contributed by atoms with Crippen molar-refractivity contribution in [2.45, 2.75) is 25.3 Å². The van der Waals surface area contributed by atoms with Crippen LogP contribution >= 0.6 is 27.5 Å². The van der Waals surface area contributed by atoms with Crippen LogP contribution < -0.4 is 5.32 Å². The Morgan fingerprint density at radius 3 is 2.29 bits per heavy atom. The summed E-state index contributed by atoms with van der Waals surface area (Å²) in [7, 11) is -3.91. The normalized spacial score (nSPS) is 11.5. The monoisotopic (exact) mass is 520 g/mol. The molecular weight excluding hydrogens is 500 g/mol. The van der Waals surface area contributed by atoms with Gasteiger partial charge in [-0.2, -0.15) is 4.31 Å². The largest absolute Gasteiger partial charge is 0.325 e. The van der Waals surface area contributed by atoms with Crippen LogP contribution in [-0.2, 0) is 21.4 Å². The van der Waals surface area contributed by atoms with Crippen LogP contribution in [0.2, 0.25) is 5.02 Å². The molecule has 1 amide bonds.